The first kappa shape index (κ1) is 20.5. The first-order valence-electron chi connectivity index (χ1n) is 6.62. The predicted molar refractivity (Wildman–Crippen MR) is 70.6 cm³/mol. The number of halogens is 5. The molecular formula is C13H13F5O5Si. The minimum atomic E-state index is -4.15. The molecule has 0 aliphatic carbocycles. The Morgan fingerprint density at radius 2 is 1.71 bits per heavy atom. The molecule has 2 radical (unpaired) electrons. The molecule has 0 fully saturated rings. The molecule has 0 spiro atoms. The van der Waals surface area contributed by atoms with Gasteiger partial charge >= 0.3 is 21.5 Å². The van der Waals surface area contributed by atoms with E-state index in [4.69, 9.17) is 9.47 Å². The van der Waals surface area contributed by atoms with Crippen LogP contribution in [0.25, 0.3) is 0 Å². The average Bonchev–Trinajstić information content (AvgIpc) is 2.50. The lowest BCUT2D eigenvalue weighted by Gasteiger charge is -2.20. The number of rotatable bonds is 9. The van der Waals surface area contributed by atoms with Crippen molar-refractivity contribution in [1.29, 1.82) is 0 Å². The van der Waals surface area contributed by atoms with E-state index in [1.54, 1.807) is 13.8 Å². The zero-order chi connectivity index (χ0) is 18.3. The molecule has 134 valence electrons. The highest BCUT2D eigenvalue weighted by Crippen LogP contribution is 2.21. The lowest BCUT2D eigenvalue weighted by Crippen LogP contribution is -2.37. The van der Waals surface area contributed by atoms with Gasteiger partial charge in [0.05, 0.1) is 5.56 Å². The monoisotopic (exact) mass is 372 g/mol. The van der Waals surface area contributed by atoms with Crippen LogP contribution >= 0.6 is 0 Å². The summed E-state index contributed by atoms with van der Waals surface area (Å²) in [6.07, 6.45) is 0. The number of hydrogen-bond donors (Lipinski definition) is 0. The number of esters is 1. The Kier molecular flexibility index (Phi) is 7.73. The summed E-state index contributed by atoms with van der Waals surface area (Å²) in [6, 6.07) is 0.894. The molecule has 0 aliphatic heterocycles. The van der Waals surface area contributed by atoms with Gasteiger partial charge in [0.25, 0.3) is 6.48 Å². The molecule has 0 N–H and O–H groups in total. The Hall–Kier alpha value is -1.56. The lowest BCUT2D eigenvalue weighted by molar-refractivity contribution is -0.253. The molecular weight excluding hydrogens is 359 g/mol. The molecule has 1 aromatic rings. The first-order valence-corrected chi connectivity index (χ1v) is 7.53. The Labute approximate surface area is 136 Å². The van der Waals surface area contributed by atoms with Crippen molar-refractivity contribution < 1.29 is 45.4 Å². The summed E-state index contributed by atoms with van der Waals surface area (Å²) in [5.74, 6) is -7.35. The van der Waals surface area contributed by atoms with Gasteiger partial charge in [0.2, 0.25) is 0 Å². The molecule has 0 heterocycles. The Morgan fingerprint density at radius 1 is 1.12 bits per heavy atom. The molecule has 5 nitrogen and oxygen atoms in total. The van der Waals surface area contributed by atoms with Crippen LogP contribution in [-0.2, 0) is 18.6 Å². The fourth-order valence-corrected chi connectivity index (χ4v) is 1.88. The van der Waals surface area contributed by atoms with Gasteiger partial charge in [0, 0.05) is 13.2 Å². The second-order valence-corrected chi connectivity index (χ2v) is 5.07. The molecule has 11 heteroatoms. The minimum absolute atomic E-state index is 0.112. The van der Waals surface area contributed by atoms with E-state index < -0.39 is 51.0 Å². The number of benzene rings is 1. The Bertz CT molecular complexity index is 566. The van der Waals surface area contributed by atoms with Crippen molar-refractivity contribution >= 4 is 15.7 Å². The van der Waals surface area contributed by atoms with Gasteiger partial charge in [-0.15, -0.1) is 0 Å². The van der Waals surface area contributed by atoms with Gasteiger partial charge in [-0.2, -0.15) is 8.78 Å². The molecule has 0 atom stereocenters. The van der Waals surface area contributed by atoms with Gasteiger partial charge < -0.3 is 18.6 Å². The smallest absolute Gasteiger partial charge is 0.397 e. The zero-order valence-corrected chi connectivity index (χ0v) is 13.6. The topological polar surface area (TPSA) is 54.0 Å². The highest BCUT2D eigenvalue weighted by atomic mass is 28.2. The van der Waals surface area contributed by atoms with Crippen LogP contribution in [-0.4, -0.2) is 41.2 Å². The maximum Gasteiger partial charge on any atom is 0.397 e. The largest absolute Gasteiger partial charge is 0.399 e. The van der Waals surface area contributed by atoms with Crippen molar-refractivity contribution in [1.82, 2.24) is 0 Å². The standard InChI is InChI=1S/C13H13F5O5Si/c1-3-20-12(21-4-2)23-24-13(17,18)22-11(19)7-5-6-8(14)10(16)9(7)15/h5-6,12H,3-4H2,1-2H3. The van der Waals surface area contributed by atoms with E-state index in [0.717, 1.165) is 0 Å². The van der Waals surface area contributed by atoms with Gasteiger partial charge in [-0.3, -0.25) is 0 Å². The molecule has 0 unspecified atom stereocenters. The van der Waals surface area contributed by atoms with E-state index in [2.05, 4.69) is 9.16 Å². The average molecular weight is 372 g/mol. The van der Waals surface area contributed by atoms with Crippen LogP contribution in [0.4, 0.5) is 22.0 Å². The van der Waals surface area contributed by atoms with E-state index in [0.29, 0.717) is 12.1 Å². The molecule has 0 aliphatic rings. The molecule has 0 amide bonds. The van der Waals surface area contributed by atoms with Crippen LogP contribution in [0.2, 0.25) is 0 Å². The predicted octanol–water partition coefficient (Wildman–Crippen LogP) is 2.80. The van der Waals surface area contributed by atoms with Crippen LogP contribution in [0, 0.1) is 17.5 Å². The first-order chi connectivity index (χ1) is 11.2. The van der Waals surface area contributed by atoms with Crippen LogP contribution in [0.15, 0.2) is 12.1 Å². The van der Waals surface area contributed by atoms with Crippen LogP contribution in [0.5, 0.6) is 0 Å². The van der Waals surface area contributed by atoms with E-state index in [9.17, 15) is 26.7 Å². The molecule has 0 aromatic heterocycles. The summed E-state index contributed by atoms with van der Waals surface area (Å²) in [7, 11) is -1.73. The lowest BCUT2D eigenvalue weighted by atomic mass is 10.2. The van der Waals surface area contributed by atoms with Crippen molar-refractivity contribution in [3.63, 3.8) is 0 Å². The van der Waals surface area contributed by atoms with Gasteiger partial charge in [-0.25, -0.2) is 18.0 Å². The highest BCUT2D eigenvalue weighted by molar-refractivity contribution is 6.30. The molecule has 1 rings (SSSR count). The van der Waals surface area contributed by atoms with E-state index in [-0.39, 0.29) is 13.2 Å². The van der Waals surface area contributed by atoms with Crippen LogP contribution < -0.4 is 0 Å². The number of alkyl halides is 2. The van der Waals surface area contributed by atoms with Gasteiger partial charge in [-0.1, -0.05) is 0 Å². The second kappa shape index (κ2) is 9.06. The highest BCUT2D eigenvalue weighted by Gasteiger charge is 2.39. The van der Waals surface area contributed by atoms with E-state index >= 15 is 0 Å². The van der Waals surface area contributed by atoms with Crippen molar-refractivity contribution in [3.05, 3.63) is 35.1 Å². The van der Waals surface area contributed by atoms with Crippen molar-refractivity contribution in [2.24, 2.45) is 0 Å². The fourth-order valence-electron chi connectivity index (χ4n) is 1.38. The number of carbonyl (C=O) groups excluding carboxylic acids is 1. The third-order valence-corrected chi connectivity index (χ3v) is 3.01. The van der Waals surface area contributed by atoms with Crippen LogP contribution in [0.1, 0.15) is 24.2 Å². The van der Waals surface area contributed by atoms with Gasteiger partial charge in [0.15, 0.2) is 17.5 Å². The van der Waals surface area contributed by atoms with Gasteiger partial charge in [0.1, 0.15) is 0 Å². The Balaban J connectivity index is 2.72. The fraction of sp³-hybridized carbons (Fsp3) is 0.462. The van der Waals surface area contributed by atoms with Crippen molar-refractivity contribution in [2.75, 3.05) is 13.2 Å². The summed E-state index contributed by atoms with van der Waals surface area (Å²) >= 11 is 0. The Morgan fingerprint density at radius 3 is 2.25 bits per heavy atom. The van der Waals surface area contributed by atoms with E-state index in [1.165, 1.54) is 0 Å². The van der Waals surface area contributed by atoms with Crippen molar-refractivity contribution in [3.8, 4) is 0 Å². The summed E-state index contributed by atoms with van der Waals surface area (Å²) in [5, 5.41) is 0. The maximum absolute atomic E-state index is 13.6. The number of ether oxygens (including phenoxy) is 3. The normalized spacial score (nSPS) is 11.8. The van der Waals surface area contributed by atoms with Gasteiger partial charge in [-0.05, 0) is 26.0 Å². The summed E-state index contributed by atoms with van der Waals surface area (Å²) < 4.78 is 84.4. The quantitative estimate of drug-likeness (QED) is 0.219. The second-order valence-electron chi connectivity index (χ2n) is 4.05. The summed E-state index contributed by atoms with van der Waals surface area (Å²) in [5.41, 5.74) is -5.33. The summed E-state index contributed by atoms with van der Waals surface area (Å²) in [6.45, 7) is 1.97. The molecule has 0 saturated carbocycles. The maximum atomic E-state index is 13.6. The minimum Gasteiger partial charge on any atom is -0.399 e. The van der Waals surface area contributed by atoms with Crippen LogP contribution in [0.3, 0.4) is 0 Å². The molecule has 0 bridgehead atoms. The number of carbonyl (C=O) groups is 1. The number of hydrogen-bond acceptors (Lipinski definition) is 5. The third-order valence-electron chi connectivity index (χ3n) is 2.36. The van der Waals surface area contributed by atoms with E-state index in [1.807, 2.05) is 0 Å². The summed E-state index contributed by atoms with van der Waals surface area (Å²) in [4.78, 5) is 11.5. The SMILES string of the molecule is CCOC(OCC)O[Si]C(F)(F)OC(=O)c1ccc(F)c(F)c1F. The third kappa shape index (κ3) is 5.82. The molecule has 0 saturated heterocycles. The van der Waals surface area contributed by atoms with Crippen molar-refractivity contribution in [2.45, 2.75) is 26.1 Å². The molecule has 24 heavy (non-hydrogen) atoms. The molecule has 1 aromatic carbocycles. The zero-order valence-electron chi connectivity index (χ0n) is 12.6.